The molecule has 0 fully saturated rings. The lowest BCUT2D eigenvalue weighted by Gasteiger charge is -2.08. The first-order valence-corrected chi connectivity index (χ1v) is 7.92. The topological polar surface area (TPSA) is 86.5 Å². The van der Waals surface area contributed by atoms with Gasteiger partial charge >= 0.3 is 12.1 Å². The summed E-state index contributed by atoms with van der Waals surface area (Å²) in [6.45, 7) is -0.265. The van der Waals surface area contributed by atoms with Gasteiger partial charge in [0.15, 0.2) is 5.78 Å². The zero-order valence-electron chi connectivity index (χ0n) is 14.3. The van der Waals surface area contributed by atoms with E-state index in [4.69, 9.17) is 4.74 Å². The van der Waals surface area contributed by atoms with Crippen molar-refractivity contribution in [3.05, 3.63) is 81.4 Å². The normalized spacial score (nSPS) is 11.4. The lowest BCUT2D eigenvalue weighted by Crippen LogP contribution is -2.10. The Hall–Kier alpha value is -3.49. The molecule has 146 valence electrons. The zero-order chi connectivity index (χ0) is 20.7. The van der Waals surface area contributed by atoms with Crippen LogP contribution in [-0.2, 0) is 27.1 Å². The number of nitro groups is 1. The second kappa shape index (κ2) is 8.94. The first-order valence-electron chi connectivity index (χ1n) is 7.92. The monoisotopic (exact) mass is 393 g/mol. The number of esters is 1. The van der Waals surface area contributed by atoms with Crippen LogP contribution < -0.4 is 0 Å². The van der Waals surface area contributed by atoms with Crippen LogP contribution in [0.1, 0.15) is 23.1 Å². The third-order valence-corrected chi connectivity index (χ3v) is 3.54. The van der Waals surface area contributed by atoms with Crippen LogP contribution in [0.3, 0.4) is 0 Å². The van der Waals surface area contributed by atoms with E-state index in [2.05, 4.69) is 0 Å². The van der Waals surface area contributed by atoms with E-state index in [9.17, 15) is 32.9 Å². The molecule has 0 atom stereocenters. The number of carbonyl (C=O) groups excluding carboxylic acids is 2. The van der Waals surface area contributed by atoms with Crippen LogP contribution in [0.2, 0.25) is 0 Å². The Kier molecular flexibility index (Phi) is 6.64. The molecule has 0 heterocycles. The van der Waals surface area contributed by atoms with Crippen LogP contribution in [0.25, 0.3) is 6.08 Å². The van der Waals surface area contributed by atoms with E-state index < -0.39 is 34.8 Å². The molecule has 0 aliphatic carbocycles. The molecule has 2 aromatic rings. The second-order valence-electron chi connectivity index (χ2n) is 5.68. The summed E-state index contributed by atoms with van der Waals surface area (Å²) in [5.74, 6) is -1.42. The summed E-state index contributed by atoms with van der Waals surface area (Å²) in [7, 11) is 0. The Morgan fingerprint density at radius 2 is 1.79 bits per heavy atom. The third kappa shape index (κ3) is 6.35. The van der Waals surface area contributed by atoms with Crippen LogP contribution in [0.15, 0.2) is 54.6 Å². The minimum atomic E-state index is -4.45. The molecule has 0 unspecified atom stereocenters. The maximum absolute atomic E-state index is 12.5. The molecule has 0 saturated carbocycles. The van der Waals surface area contributed by atoms with Gasteiger partial charge in [0.05, 0.1) is 10.5 Å². The van der Waals surface area contributed by atoms with Crippen LogP contribution in [0.5, 0.6) is 0 Å². The number of alkyl halides is 3. The van der Waals surface area contributed by atoms with Crippen molar-refractivity contribution >= 4 is 23.5 Å². The average Bonchev–Trinajstić information content (AvgIpc) is 2.64. The number of halogens is 3. The molecule has 28 heavy (non-hydrogen) atoms. The van der Waals surface area contributed by atoms with E-state index in [1.165, 1.54) is 36.4 Å². The Morgan fingerprint density at radius 3 is 2.39 bits per heavy atom. The van der Waals surface area contributed by atoms with Crippen molar-refractivity contribution in [1.82, 2.24) is 0 Å². The first-order chi connectivity index (χ1) is 13.1. The number of non-ortho nitro benzene ring substituents is 1. The van der Waals surface area contributed by atoms with E-state index in [0.29, 0.717) is 11.1 Å². The number of nitro benzene ring substituents is 1. The van der Waals surface area contributed by atoms with Gasteiger partial charge in [0.25, 0.3) is 5.69 Å². The van der Waals surface area contributed by atoms with E-state index >= 15 is 0 Å². The summed E-state index contributed by atoms with van der Waals surface area (Å²) in [5.41, 5.74) is -0.184. The Balaban J connectivity index is 1.85. The average molecular weight is 393 g/mol. The summed E-state index contributed by atoms with van der Waals surface area (Å²) in [5, 5.41) is 10.7. The fourth-order valence-electron chi connectivity index (χ4n) is 2.14. The predicted molar refractivity (Wildman–Crippen MR) is 93.0 cm³/mol. The summed E-state index contributed by atoms with van der Waals surface area (Å²) in [6, 6.07) is 9.69. The van der Waals surface area contributed by atoms with Crippen molar-refractivity contribution in [2.45, 2.75) is 19.2 Å². The molecule has 0 aliphatic rings. The molecule has 0 aliphatic heterocycles. The molecule has 0 aromatic heterocycles. The molecule has 0 N–H and O–H groups in total. The Morgan fingerprint density at radius 1 is 1.11 bits per heavy atom. The lowest BCUT2D eigenvalue weighted by atomic mass is 10.1. The highest BCUT2D eigenvalue weighted by molar-refractivity contribution is 6.03. The molecule has 9 heteroatoms. The summed E-state index contributed by atoms with van der Waals surface area (Å²) >= 11 is 0. The van der Waals surface area contributed by atoms with Gasteiger partial charge in [0.1, 0.15) is 13.0 Å². The van der Waals surface area contributed by atoms with Gasteiger partial charge in [-0.05, 0) is 29.3 Å². The molecule has 0 radical (unpaired) electrons. The van der Waals surface area contributed by atoms with Crippen molar-refractivity contribution < 1.29 is 32.4 Å². The summed E-state index contributed by atoms with van der Waals surface area (Å²) in [6.07, 6.45) is -2.59. The van der Waals surface area contributed by atoms with Crippen LogP contribution >= 0.6 is 0 Å². The minimum Gasteiger partial charge on any atom is -0.460 e. The number of hydrogen-bond donors (Lipinski definition) is 0. The maximum Gasteiger partial charge on any atom is 0.416 e. The van der Waals surface area contributed by atoms with Gasteiger partial charge in [-0.2, -0.15) is 13.2 Å². The first kappa shape index (κ1) is 20.8. The molecule has 0 amide bonds. The van der Waals surface area contributed by atoms with Gasteiger partial charge in [-0.15, -0.1) is 0 Å². The molecule has 0 spiro atoms. The standard InChI is InChI=1S/C19H14F3NO5/c20-19(21,22)15-7-4-14(5-8-15)12-28-18(25)11-17(24)9-6-13-2-1-3-16(10-13)23(26)27/h1-10H,11-12H2. The molecule has 6 nitrogen and oxygen atoms in total. The van der Waals surface area contributed by atoms with Gasteiger partial charge in [-0.1, -0.05) is 30.3 Å². The van der Waals surface area contributed by atoms with Crippen LogP contribution in [0, 0.1) is 10.1 Å². The maximum atomic E-state index is 12.5. The SMILES string of the molecule is O=C(C=Cc1cccc([N+](=O)[O-])c1)CC(=O)OCc1ccc(C(F)(F)F)cc1. The van der Waals surface area contributed by atoms with Gasteiger partial charge in [0, 0.05) is 12.1 Å². The van der Waals surface area contributed by atoms with Crippen molar-refractivity contribution in [3.63, 3.8) is 0 Å². The zero-order valence-corrected chi connectivity index (χ0v) is 14.3. The molecular formula is C19H14F3NO5. The van der Waals surface area contributed by atoms with E-state index in [1.54, 1.807) is 6.07 Å². The quantitative estimate of drug-likeness (QED) is 0.230. The van der Waals surface area contributed by atoms with Gasteiger partial charge in [-0.3, -0.25) is 19.7 Å². The van der Waals surface area contributed by atoms with Crippen molar-refractivity contribution in [1.29, 1.82) is 0 Å². The van der Waals surface area contributed by atoms with E-state index in [0.717, 1.165) is 18.2 Å². The molecule has 0 saturated heterocycles. The fourth-order valence-corrected chi connectivity index (χ4v) is 2.14. The van der Waals surface area contributed by atoms with Gasteiger partial charge < -0.3 is 4.74 Å². The Bertz CT molecular complexity index is 905. The molecule has 0 bridgehead atoms. The third-order valence-electron chi connectivity index (χ3n) is 3.54. The van der Waals surface area contributed by atoms with Crippen molar-refractivity contribution in [2.24, 2.45) is 0 Å². The number of allylic oxidation sites excluding steroid dienone is 1. The minimum absolute atomic E-state index is 0.134. The number of rotatable bonds is 7. The van der Waals surface area contributed by atoms with Crippen LogP contribution in [0.4, 0.5) is 18.9 Å². The highest BCUT2D eigenvalue weighted by Crippen LogP contribution is 2.29. The highest BCUT2D eigenvalue weighted by Gasteiger charge is 2.29. The Labute approximate surface area is 157 Å². The number of carbonyl (C=O) groups is 2. The largest absolute Gasteiger partial charge is 0.460 e. The number of benzene rings is 2. The van der Waals surface area contributed by atoms with Gasteiger partial charge in [-0.25, -0.2) is 0 Å². The fraction of sp³-hybridized carbons (Fsp3) is 0.158. The summed E-state index contributed by atoms with van der Waals surface area (Å²) < 4.78 is 42.3. The number of ketones is 1. The highest BCUT2D eigenvalue weighted by atomic mass is 19.4. The number of nitrogens with zero attached hydrogens (tertiary/aromatic N) is 1. The van der Waals surface area contributed by atoms with Crippen LogP contribution in [-0.4, -0.2) is 16.7 Å². The van der Waals surface area contributed by atoms with Crippen molar-refractivity contribution in [2.75, 3.05) is 0 Å². The molecular weight excluding hydrogens is 379 g/mol. The van der Waals surface area contributed by atoms with E-state index in [-0.39, 0.29) is 12.3 Å². The lowest BCUT2D eigenvalue weighted by molar-refractivity contribution is -0.384. The molecule has 2 aromatic carbocycles. The van der Waals surface area contributed by atoms with Gasteiger partial charge in [0.2, 0.25) is 0 Å². The number of ether oxygens (including phenoxy) is 1. The van der Waals surface area contributed by atoms with Crippen molar-refractivity contribution in [3.8, 4) is 0 Å². The molecule has 2 rings (SSSR count). The number of hydrogen-bond acceptors (Lipinski definition) is 5. The van der Waals surface area contributed by atoms with E-state index in [1.807, 2.05) is 0 Å². The second-order valence-corrected chi connectivity index (χ2v) is 5.68. The predicted octanol–water partition coefficient (Wildman–Crippen LogP) is 4.33. The smallest absolute Gasteiger partial charge is 0.416 e. The summed E-state index contributed by atoms with van der Waals surface area (Å²) in [4.78, 5) is 33.5.